The summed E-state index contributed by atoms with van der Waals surface area (Å²) >= 11 is 1.64. The van der Waals surface area contributed by atoms with Crippen molar-refractivity contribution in [3.63, 3.8) is 0 Å². The Morgan fingerprint density at radius 1 is 1.13 bits per heavy atom. The molecule has 2 saturated heterocycles. The average Bonchev–Trinajstić information content (AvgIpc) is 2.55. The lowest BCUT2D eigenvalue weighted by Gasteiger charge is -2.39. The van der Waals surface area contributed by atoms with Crippen LogP contribution in [0.3, 0.4) is 0 Å². The molecule has 3 rings (SSSR count). The monoisotopic (exact) mass is 336 g/mol. The van der Waals surface area contributed by atoms with Crippen LogP contribution in [0.2, 0.25) is 0 Å². The Morgan fingerprint density at radius 2 is 1.83 bits per heavy atom. The smallest absolute Gasteiger partial charge is 0.151 e. The van der Waals surface area contributed by atoms with Crippen LogP contribution < -0.4 is 4.90 Å². The topological polar surface area (TPSA) is 41.5 Å². The standard InChI is InChI=1S/C17H28N4OS/c1-13-10-20(11-14(2)22-13)12-15-6-8-21(9-7-15)16-4-5-17(23-3)19-18-16/h4-5,13-15H,6-12H2,1-3H3. The molecule has 2 atom stereocenters. The van der Waals surface area contributed by atoms with Crippen molar-refractivity contribution in [2.24, 2.45) is 5.92 Å². The molecule has 128 valence electrons. The highest BCUT2D eigenvalue weighted by Crippen LogP contribution is 2.24. The number of morpholine rings is 1. The molecule has 0 aliphatic carbocycles. The molecule has 2 aliphatic heterocycles. The van der Waals surface area contributed by atoms with Crippen LogP contribution >= 0.6 is 11.8 Å². The van der Waals surface area contributed by atoms with E-state index < -0.39 is 0 Å². The second kappa shape index (κ2) is 7.81. The van der Waals surface area contributed by atoms with Crippen molar-refractivity contribution in [3.8, 4) is 0 Å². The number of piperidine rings is 1. The number of anilines is 1. The number of nitrogens with zero attached hydrogens (tertiary/aromatic N) is 4. The number of ether oxygens (including phenoxy) is 1. The molecule has 0 saturated carbocycles. The summed E-state index contributed by atoms with van der Waals surface area (Å²) in [6.45, 7) is 9.91. The zero-order valence-corrected chi connectivity index (χ0v) is 15.3. The fraction of sp³-hybridized carbons (Fsp3) is 0.765. The first kappa shape index (κ1) is 17.0. The summed E-state index contributed by atoms with van der Waals surface area (Å²) in [5, 5.41) is 9.60. The fourth-order valence-corrected chi connectivity index (χ4v) is 4.06. The number of hydrogen-bond donors (Lipinski definition) is 0. The predicted molar refractivity (Wildman–Crippen MR) is 95.2 cm³/mol. The number of thioether (sulfide) groups is 1. The Labute approximate surface area is 143 Å². The van der Waals surface area contributed by atoms with Crippen molar-refractivity contribution < 1.29 is 4.74 Å². The molecular weight excluding hydrogens is 308 g/mol. The van der Waals surface area contributed by atoms with E-state index >= 15 is 0 Å². The number of aromatic nitrogens is 2. The van der Waals surface area contributed by atoms with Crippen LogP contribution in [-0.4, -0.2) is 66.3 Å². The molecular formula is C17H28N4OS. The highest BCUT2D eigenvalue weighted by atomic mass is 32.2. The minimum Gasteiger partial charge on any atom is -0.373 e. The minimum atomic E-state index is 0.365. The largest absolute Gasteiger partial charge is 0.373 e. The molecule has 1 aromatic rings. The molecule has 2 aliphatic rings. The van der Waals surface area contributed by atoms with Gasteiger partial charge in [-0.3, -0.25) is 4.90 Å². The van der Waals surface area contributed by atoms with Crippen molar-refractivity contribution in [1.82, 2.24) is 15.1 Å². The van der Waals surface area contributed by atoms with Crippen LogP contribution in [0, 0.1) is 5.92 Å². The van der Waals surface area contributed by atoms with Crippen molar-refractivity contribution >= 4 is 17.6 Å². The van der Waals surface area contributed by atoms with E-state index in [0.29, 0.717) is 12.2 Å². The maximum Gasteiger partial charge on any atom is 0.151 e. The Kier molecular flexibility index (Phi) is 5.77. The maximum absolute atomic E-state index is 5.83. The summed E-state index contributed by atoms with van der Waals surface area (Å²) in [5.41, 5.74) is 0. The summed E-state index contributed by atoms with van der Waals surface area (Å²) in [6.07, 6.45) is 5.24. The highest BCUT2D eigenvalue weighted by Gasteiger charge is 2.27. The van der Waals surface area contributed by atoms with Crippen molar-refractivity contribution in [2.45, 2.75) is 43.9 Å². The zero-order valence-electron chi connectivity index (χ0n) is 14.4. The van der Waals surface area contributed by atoms with Crippen LogP contribution in [0.1, 0.15) is 26.7 Å². The Hall–Kier alpha value is -0.850. The second-order valence-electron chi connectivity index (χ2n) is 6.84. The van der Waals surface area contributed by atoms with Crippen molar-refractivity contribution in [3.05, 3.63) is 12.1 Å². The van der Waals surface area contributed by atoms with Crippen LogP contribution in [0.4, 0.5) is 5.82 Å². The normalized spacial score (nSPS) is 27.3. The van der Waals surface area contributed by atoms with Gasteiger partial charge in [-0.25, -0.2) is 0 Å². The molecule has 0 amide bonds. The van der Waals surface area contributed by atoms with Gasteiger partial charge in [0.15, 0.2) is 5.82 Å². The molecule has 0 aromatic carbocycles. The van der Waals surface area contributed by atoms with Gasteiger partial charge in [0.05, 0.1) is 12.2 Å². The summed E-state index contributed by atoms with van der Waals surface area (Å²) < 4.78 is 5.83. The van der Waals surface area contributed by atoms with E-state index in [1.807, 2.05) is 6.26 Å². The van der Waals surface area contributed by atoms with Crippen molar-refractivity contribution in [2.75, 3.05) is 43.9 Å². The van der Waals surface area contributed by atoms with Gasteiger partial charge in [-0.15, -0.1) is 22.0 Å². The lowest BCUT2D eigenvalue weighted by molar-refractivity contribution is -0.0720. The SMILES string of the molecule is CSc1ccc(N2CCC(CN3CC(C)OC(C)C3)CC2)nn1. The minimum absolute atomic E-state index is 0.365. The zero-order chi connectivity index (χ0) is 16.2. The van der Waals surface area contributed by atoms with E-state index in [-0.39, 0.29) is 0 Å². The van der Waals surface area contributed by atoms with Gasteiger partial charge in [0, 0.05) is 32.7 Å². The van der Waals surface area contributed by atoms with Crippen molar-refractivity contribution in [1.29, 1.82) is 0 Å². The summed E-state index contributed by atoms with van der Waals surface area (Å²) in [5.74, 6) is 1.82. The first-order valence-electron chi connectivity index (χ1n) is 8.64. The summed E-state index contributed by atoms with van der Waals surface area (Å²) in [4.78, 5) is 4.96. The molecule has 23 heavy (non-hydrogen) atoms. The van der Waals surface area contributed by atoms with E-state index in [2.05, 4.69) is 46.0 Å². The van der Waals surface area contributed by atoms with Gasteiger partial charge in [0.25, 0.3) is 0 Å². The third-order valence-corrected chi connectivity index (χ3v) is 5.42. The predicted octanol–water partition coefficient (Wildman–Crippen LogP) is 2.52. The van der Waals surface area contributed by atoms with Gasteiger partial charge in [-0.1, -0.05) is 0 Å². The second-order valence-corrected chi connectivity index (χ2v) is 7.67. The quantitative estimate of drug-likeness (QED) is 0.787. The Morgan fingerprint density at radius 3 is 2.39 bits per heavy atom. The molecule has 2 unspecified atom stereocenters. The van der Waals surface area contributed by atoms with Gasteiger partial charge >= 0.3 is 0 Å². The van der Waals surface area contributed by atoms with Crippen LogP contribution in [0.15, 0.2) is 17.2 Å². The fourth-order valence-electron chi connectivity index (χ4n) is 3.73. The Balaban J connectivity index is 1.48. The van der Waals surface area contributed by atoms with Gasteiger partial charge in [0.1, 0.15) is 5.03 Å². The first-order chi connectivity index (χ1) is 11.1. The van der Waals surface area contributed by atoms with E-state index in [9.17, 15) is 0 Å². The molecule has 0 bridgehead atoms. The van der Waals surface area contributed by atoms with E-state index in [0.717, 1.165) is 42.9 Å². The van der Waals surface area contributed by atoms with E-state index in [4.69, 9.17) is 4.74 Å². The molecule has 6 heteroatoms. The average molecular weight is 337 g/mol. The maximum atomic E-state index is 5.83. The van der Waals surface area contributed by atoms with E-state index in [1.54, 1.807) is 11.8 Å². The molecule has 1 aromatic heterocycles. The molecule has 0 spiro atoms. The molecule has 0 N–H and O–H groups in total. The number of hydrogen-bond acceptors (Lipinski definition) is 6. The lowest BCUT2D eigenvalue weighted by Crippen LogP contribution is -2.48. The van der Waals surface area contributed by atoms with Crippen LogP contribution in [-0.2, 0) is 4.74 Å². The summed E-state index contributed by atoms with van der Waals surface area (Å²) in [6, 6.07) is 4.17. The molecule has 0 radical (unpaired) electrons. The Bertz CT molecular complexity index is 480. The molecule has 2 fully saturated rings. The molecule has 5 nitrogen and oxygen atoms in total. The van der Waals surface area contributed by atoms with Crippen LogP contribution in [0.25, 0.3) is 0 Å². The van der Waals surface area contributed by atoms with Crippen LogP contribution in [0.5, 0.6) is 0 Å². The van der Waals surface area contributed by atoms with Gasteiger partial charge in [-0.2, -0.15) is 0 Å². The lowest BCUT2D eigenvalue weighted by atomic mass is 9.95. The van der Waals surface area contributed by atoms with Gasteiger partial charge < -0.3 is 9.64 Å². The van der Waals surface area contributed by atoms with E-state index in [1.165, 1.54) is 19.4 Å². The summed E-state index contributed by atoms with van der Waals surface area (Å²) in [7, 11) is 0. The third kappa shape index (κ3) is 4.58. The first-order valence-corrected chi connectivity index (χ1v) is 9.87. The van der Waals surface area contributed by atoms with Gasteiger partial charge in [0.2, 0.25) is 0 Å². The third-order valence-electron chi connectivity index (χ3n) is 4.79. The molecule has 3 heterocycles. The highest BCUT2D eigenvalue weighted by molar-refractivity contribution is 7.98. The number of rotatable bonds is 4. The van der Waals surface area contributed by atoms with Gasteiger partial charge in [-0.05, 0) is 51.0 Å².